The Labute approximate surface area is 94.1 Å². The third kappa shape index (κ3) is 1.62. The van der Waals surface area contributed by atoms with Crippen molar-refractivity contribution in [3.8, 4) is 0 Å². The summed E-state index contributed by atoms with van der Waals surface area (Å²) in [7, 11) is 0. The third-order valence-corrected chi connectivity index (χ3v) is 3.21. The van der Waals surface area contributed by atoms with Crippen LogP contribution in [0.1, 0.15) is 12.8 Å². The minimum absolute atomic E-state index is 0.0985. The van der Waals surface area contributed by atoms with Crippen LogP contribution in [-0.4, -0.2) is 25.4 Å². The highest BCUT2D eigenvalue weighted by Crippen LogP contribution is 2.17. The monoisotopic (exact) mass is 214 g/mol. The third-order valence-electron chi connectivity index (χ3n) is 3.21. The van der Waals surface area contributed by atoms with E-state index >= 15 is 0 Å². The van der Waals surface area contributed by atoms with Crippen molar-refractivity contribution in [1.82, 2.24) is 0 Å². The van der Waals surface area contributed by atoms with Crippen LogP contribution in [0.5, 0.6) is 0 Å². The molecule has 0 unspecified atom stereocenters. The van der Waals surface area contributed by atoms with Gasteiger partial charge in [-0.05, 0) is 31.1 Å². The van der Waals surface area contributed by atoms with Gasteiger partial charge in [0.2, 0.25) is 0 Å². The predicted molar refractivity (Wildman–Crippen MR) is 63.0 cm³/mol. The van der Waals surface area contributed by atoms with Crippen LogP contribution in [-0.2, 0) is 4.79 Å². The highest BCUT2D eigenvalue weighted by Gasteiger charge is 2.12. The maximum absolute atomic E-state index is 11.2. The molecule has 0 amide bonds. The summed E-state index contributed by atoms with van der Waals surface area (Å²) in [5, 5.41) is 1.92. The molecule has 82 valence electrons. The van der Waals surface area contributed by atoms with Gasteiger partial charge in [-0.2, -0.15) is 0 Å². The molecule has 3 nitrogen and oxygen atoms in total. The highest BCUT2D eigenvalue weighted by molar-refractivity contribution is 6.07. The Morgan fingerprint density at radius 3 is 2.81 bits per heavy atom. The fourth-order valence-electron chi connectivity index (χ4n) is 2.35. The van der Waals surface area contributed by atoms with Gasteiger partial charge in [0.15, 0.2) is 5.78 Å². The zero-order valence-corrected chi connectivity index (χ0v) is 9.15. The van der Waals surface area contributed by atoms with E-state index in [4.69, 9.17) is 0 Å². The zero-order chi connectivity index (χ0) is 11.0. The number of nitrogens with zero attached hydrogens (tertiary/aromatic N) is 2. The fourth-order valence-corrected chi connectivity index (χ4v) is 2.35. The van der Waals surface area contributed by atoms with E-state index in [1.165, 1.54) is 18.5 Å². The lowest BCUT2D eigenvalue weighted by Crippen LogP contribution is -2.32. The molecule has 0 atom stereocenters. The summed E-state index contributed by atoms with van der Waals surface area (Å²) in [4.78, 5) is 17.9. The van der Waals surface area contributed by atoms with Gasteiger partial charge in [-0.15, -0.1) is 0 Å². The minimum atomic E-state index is 0.0985. The number of carbonyl (C=O) groups is 1. The molecule has 1 aromatic carbocycles. The first-order chi connectivity index (χ1) is 7.83. The van der Waals surface area contributed by atoms with Crippen LogP contribution in [0.4, 0.5) is 5.69 Å². The number of ketones is 1. The second kappa shape index (κ2) is 3.74. The van der Waals surface area contributed by atoms with Crippen molar-refractivity contribution in [1.29, 1.82) is 0 Å². The highest BCUT2D eigenvalue weighted by atomic mass is 16.1. The van der Waals surface area contributed by atoms with Gasteiger partial charge in [0.05, 0.1) is 5.36 Å². The number of carbonyl (C=O) groups excluding carboxylic acids is 1. The van der Waals surface area contributed by atoms with Gasteiger partial charge in [0.1, 0.15) is 6.54 Å². The molecule has 0 spiro atoms. The van der Waals surface area contributed by atoms with E-state index in [0.717, 1.165) is 23.7 Å². The Balaban J connectivity index is 2.06. The van der Waals surface area contributed by atoms with E-state index in [-0.39, 0.29) is 5.78 Å². The molecule has 0 aromatic heterocycles. The van der Waals surface area contributed by atoms with E-state index in [1.807, 2.05) is 6.07 Å². The fraction of sp³-hybridized carbons (Fsp3) is 0.385. The summed E-state index contributed by atoms with van der Waals surface area (Å²) in [6.07, 6.45) is 4.24. The van der Waals surface area contributed by atoms with Crippen LogP contribution in [0.2, 0.25) is 0 Å². The number of benzene rings is 1. The van der Waals surface area contributed by atoms with Crippen LogP contribution in [0.3, 0.4) is 0 Å². The lowest BCUT2D eigenvalue weighted by atomic mass is 10.1. The van der Waals surface area contributed by atoms with Gasteiger partial charge < -0.3 is 4.90 Å². The lowest BCUT2D eigenvalue weighted by molar-refractivity contribution is -0.112. The molecule has 1 aromatic rings. The maximum atomic E-state index is 11.2. The molecule has 3 heteroatoms. The zero-order valence-electron chi connectivity index (χ0n) is 9.15. The average Bonchev–Trinajstić information content (AvgIpc) is 2.82. The van der Waals surface area contributed by atoms with Gasteiger partial charge >= 0.3 is 0 Å². The van der Waals surface area contributed by atoms with E-state index in [1.54, 1.807) is 6.08 Å². The average molecular weight is 214 g/mol. The van der Waals surface area contributed by atoms with Crippen LogP contribution in [0, 0.1) is 0 Å². The number of hydrogen-bond acceptors (Lipinski definition) is 3. The van der Waals surface area contributed by atoms with Crippen molar-refractivity contribution >= 4 is 17.5 Å². The molecule has 0 N–H and O–H groups in total. The van der Waals surface area contributed by atoms with Crippen molar-refractivity contribution in [2.45, 2.75) is 12.8 Å². The standard InChI is InChI=1S/C13H14N2O/c16-12-7-10-3-4-11(8-13(10)14-9-12)15-5-1-2-6-15/h3-4,7-8H,1-2,5-6,9H2. The topological polar surface area (TPSA) is 32.7 Å². The first-order valence-electron chi connectivity index (χ1n) is 5.77. The Hall–Kier alpha value is -1.64. The number of hydrogen-bond donors (Lipinski definition) is 0. The Bertz CT molecular complexity index is 542. The number of rotatable bonds is 1. The molecule has 0 saturated carbocycles. The molecule has 2 heterocycles. The maximum Gasteiger partial charge on any atom is 0.177 e. The minimum Gasteiger partial charge on any atom is -0.371 e. The van der Waals surface area contributed by atoms with Crippen LogP contribution >= 0.6 is 0 Å². The molecule has 1 fully saturated rings. The summed E-state index contributed by atoms with van der Waals surface area (Å²) in [6.45, 7) is 2.58. The summed E-state index contributed by atoms with van der Waals surface area (Å²) in [6, 6.07) is 6.20. The molecule has 0 bridgehead atoms. The van der Waals surface area contributed by atoms with Crippen LogP contribution in [0.25, 0.3) is 6.08 Å². The molecule has 3 rings (SSSR count). The Morgan fingerprint density at radius 1 is 1.19 bits per heavy atom. The predicted octanol–water partition coefficient (Wildman–Crippen LogP) is 0.270. The van der Waals surface area contributed by atoms with Crippen molar-refractivity contribution in [2.24, 2.45) is 4.99 Å². The van der Waals surface area contributed by atoms with Gasteiger partial charge in [-0.3, -0.25) is 9.79 Å². The molecule has 2 aliphatic heterocycles. The van der Waals surface area contributed by atoms with E-state index in [2.05, 4.69) is 22.0 Å². The van der Waals surface area contributed by atoms with E-state index in [0.29, 0.717) is 6.54 Å². The van der Waals surface area contributed by atoms with Gasteiger partial charge in [0, 0.05) is 24.0 Å². The van der Waals surface area contributed by atoms with E-state index in [9.17, 15) is 4.79 Å². The lowest BCUT2D eigenvalue weighted by Gasteiger charge is -2.17. The van der Waals surface area contributed by atoms with Gasteiger partial charge in [-0.1, -0.05) is 6.07 Å². The van der Waals surface area contributed by atoms with Crippen molar-refractivity contribution in [3.63, 3.8) is 0 Å². The quantitative estimate of drug-likeness (QED) is 0.672. The summed E-state index contributed by atoms with van der Waals surface area (Å²) < 4.78 is 0. The Kier molecular flexibility index (Phi) is 2.24. The molecule has 1 saturated heterocycles. The second-order valence-electron chi connectivity index (χ2n) is 4.36. The Morgan fingerprint density at radius 2 is 2.00 bits per heavy atom. The number of fused-ring (bicyclic) bond motifs is 1. The SMILES string of the molecule is O=C1C=c2ccc(N3CCCC3)cc2=NC1. The van der Waals surface area contributed by atoms with Crippen LogP contribution < -0.4 is 15.5 Å². The van der Waals surface area contributed by atoms with Crippen molar-refractivity contribution < 1.29 is 4.79 Å². The van der Waals surface area contributed by atoms with Crippen LogP contribution in [0.15, 0.2) is 23.2 Å². The first-order valence-corrected chi connectivity index (χ1v) is 5.77. The molecular weight excluding hydrogens is 200 g/mol. The summed E-state index contributed by atoms with van der Waals surface area (Å²) in [5.74, 6) is 0.0985. The summed E-state index contributed by atoms with van der Waals surface area (Å²) >= 11 is 0. The van der Waals surface area contributed by atoms with Crippen molar-refractivity contribution in [2.75, 3.05) is 24.5 Å². The number of Topliss-reactive ketones (excluding diaryl/α,β-unsaturated/α-hetero) is 1. The molecule has 16 heavy (non-hydrogen) atoms. The van der Waals surface area contributed by atoms with Gasteiger partial charge in [-0.25, -0.2) is 0 Å². The van der Waals surface area contributed by atoms with Gasteiger partial charge in [0.25, 0.3) is 0 Å². The molecular formula is C13H14N2O. The second-order valence-corrected chi connectivity index (χ2v) is 4.36. The molecule has 0 radical (unpaired) electrons. The largest absolute Gasteiger partial charge is 0.371 e. The number of anilines is 1. The smallest absolute Gasteiger partial charge is 0.177 e. The normalized spacial score (nSPS) is 19.0. The first kappa shape index (κ1) is 9.58. The molecule has 0 aliphatic carbocycles. The van der Waals surface area contributed by atoms with E-state index < -0.39 is 0 Å². The molecule has 2 aliphatic rings. The summed E-state index contributed by atoms with van der Waals surface area (Å²) in [5.41, 5.74) is 1.24. The van der Waals surface area contributed by atoms with Crippen molar-refractivity contribution in [3.05, 3.63) is 28.8 Å².